The van der Waals surface area contributed by atoms with Crippen molar-refractivity contribution in [2.24, 2.45) is 0 Å². The summed E-state index contributed by atoms with van der Waals surface area (Å²) >= 11 is 0. The molecule has 25 heavy (non-hydrogen) atoms. The Bertz CT molecular complexity index is 861. The highest BCUT2D eigenvalue weighted by Crippen LogP contribution is 2.23. The van der Waals surface area contributed by atoms with Gasteiger partial charge in [0.1, 0.15) is 5.75 Å². The number of nitrogens with one attached hydrogen (secondary N) is 1. The quantitative estimate of drug-likeness (QED) is 0.733. The van der Waals surface area contributed by atoms with Crippen LogP contribution in [0.3, 0.4) is 0 Å². The van der Waals surface area contributed by atoms with Gasteiger partial charge in [-0.15, -0.1) is 0 Å². The average Bonchev–Trinajstić information content (AvgIpc) is 2.62. The van der Waals surface area contributed by atoms with Gasteiger partial charge in [0.25, 0.3) is 5.91 Å². The van der Waals surface area contributed by atoms with E-state index in [2.05, 4.69) is 5.32 Å². The smallest absolute Gasteiger partial charge is 0.262 e. The SMILES string of the molecule is O=C(COc1ccccc1F)Nc1ccc(-c2ccc(O)cc2)cc1. The lowest BCUT2D eigenvalue weighted by Gasteiger charge is -2.09. The molecule has 3 rings (SSSR count). The number of hydrogen-bond donors (Lipinski definition) is 2. The standard InChI is InChI=1S/C20H16FNO3/c21-18-3-1-2-4-19(18)25-13-20(24)22-16-9-5-14(6-10-16)15-7-11-17(23)12-8-15/h1-12,23H,13H2,(H,22,24). The first-order valence-electron chi connectivity index (χ1n) is 7.68. The number of aromatic hydroxyl groups is 1. The summed E-state index contributed by atoms with van der Waals surface area (Å²) < 4.78 is 18.6. The molecule has 0 saturated carbocycles. The fraction of sp³-hybridized carbons (Fsp3) is 0.0500. The summed E-state index contributed by atoms with van der Waals surface area (Å²) in [6.07, 6.45) is 0. The zero-order valence-corrected chi connectivity index (χ0v) is 13.3. The molecule has 4 nitrogen and oxygen atoms in total. The Morgan fingerprint density at radius 1 is 0.920 bits per heavy atom. The van der Waals surface area contributed by atoms with Crippen molar-refractivity contribution in [3.8, 4) is 22.6 Å². The van der Waals surface area contributed by atoms with Gasteiger partial charge in [0.05, 0.1) is 0 Å². The first-order valence-corrected chi connectivity index (χ1v) is 7.68. The van der Waals surface area contributed by atoms with E-state index in [1.54, 1.807) is 36.4 Å². The van der Waals surface area contributed by atoms with Gasteiger partial charge < -0.3 is 15.2 Å². The highest BCUT2D eigenvalue weighted by molar-refractivity contribution is 5.92. The molecule has 0 atom stereocenters. The topological polar surface area (TPSA) is 58.6 Å². The van der Waals surface area contributed by atoms with E-state index in [0.29, 0.717) is 5.69 Å². The third-order valence-electron chi connectivity index (χ3n) is 3.56. The Morgan fingerprint density at radius 2 is 1.52 bits per heavy atom. The summed E-state index contributed by atoms with van der Waals surface area (Å²) in [6, 6.07) is 20.0. The minimum atomic E-state index is -0.506. The fourth-order valence-corrected chi connectivity index (χ4v) is 2.30. The first kappa shape index (κ1) is 16.5. The normalized spacial score (nSPS) is 10.3. The Balaban J connectivity index is 1.58. The Labute approximate surface area is 144 Å². The number of hydrogen-bond acceptors (Lipinski definition) is 3. The second-order valence-corrected chi connectivity index (χ2v) is 5.39. The van der Waals surface area contributed by atoms with Gasteiger partial charge in [0.2, 0.25) is 0 Å². The van der Waals surface area contributed by atoms with Crippen molar-refractivity contribution in [1.29, 1.82) is 0 Å². The van der Waals surface area contributed by atoms with Crippen LogP contribution in [0.4, 0.5) is 10.1 Å². The van der Waals surface area contributed by atoms with Crippen molar-refractivity contribution < 1.29 is 19.0 Å². The Morgan fingerprint density at radius 3 is 2.16 bits per heavy atom. The highest BCUT2D eigenvalue weighted by atomic mass is 19.1. The summed E-state index contributed by atoms with van der Waals surface area (Å²) in [5, 5.41) is 12.0. The number of carbonyl (C=O) groups excluding carboxylic acids is 1. The van der Waals surface area contributed by atoms with E-state index in [4.69, 9.17) is 4.74 Å². The molecule has 3 aromatic carbocycles. The van der Waals surface area contributed by atoms with Crippen LogP contribution in [0.1, 0.15) is 0 Å². The van der Waals surface area contributed by atoms with Gasteiger partial charge in [-0.3, -0.25) is 4.79 Å². The van der Waals surface area contributed by atoms with Gasteiger partial charge in [-0.25, -0.2) is 4.39 Å². The van der Waals surface area contributed by atoms with Crippen LogP contribution in [-0.2, 0) is 4.79 Å². The molecular formula is C20H16FNO3. The third kappa shape index (κ3) is 4.35. The summed E-state index contributed by atoms with van der Waals surface area (Å²) in [5.74, 6) is -0.628. The van der Waals surface area contributed by atoms with E-state index >= 15 is 0 Å². The van der Waals surface area contributed by atoms with Gasteiger partial charge in [-0.2, -0.15) is 0 Å². The van der Waals surface area contributed by atoms with Crippen molar-refractivity contribution >= 4 is 11.6 Å². The van der Waals surface area contributed by atoms with E-state index in [1.807, 2.05) is 24.3 Å². The number of carbonyl (C=O) groups is 1. The molecule has 0 bridgehead atoms. The fourth-order valence-electron chi connectivity index (χ4n) is 2.30. The number of phenolic OH excluding ortho intramolecular Hbond substituents is 1. The Hall–Kier alpha value is -3.34. The molecule has 0 aliphatic heterocycles. The number of phenols is 1. The maximum atomic E-state index is 13.4. The van der Waals surface area contributed by atoms with E-state index in [9.17, 15) is 14.3 Å². The van der Waals surface area contributed by atoms with Crippen LogP contribution in [0.15, 0.2) is 72.8 Å². The number of anilines is 1. The molecular weight excluding hydrogens is 321 g/mol. The second kappa shape index (κ2) is 7.49. The lowest BCUT2D eigenvalue weighted by Crippen LogP contribution is -2.20. The molecule has 0 heterocycles. The number of halogens is 1. The van der Waals surface area contributed by atoms with Crippen LogP contribution in [0.2, 0.25) is 0 Å². The molecule has 5 heteroatoms. The maximum Gasteiger partial charge on any atom is 0.262 e. The average molecular weight is 337 g/mol. The lowest BCUT2D eigenvalue weighted by atomic mass is 10.1. The summed E-state index contributed by atoms with van der Waals surface area (Å²) in [5.41, 5.74) is 2.53. The lowest BCUT2D eigenvalue weighted by molar-refractivity contribution is -0.118. The third-order valence-corrected chi connectivity index (χ3v) is 3.56. The molecule has 0 radical (unpaired) electrons. The second-order valence-electron chi connectivity index (χ2n) is 5.39. The van der Waals surface area contributed by atoms with E-state index < -0.39 is 5.82 Å². The molecule has 0 unspecified atom stereocenters. The predicted octanol–water partition coefficient (Wildman–Crippen LogP) is 4.22. The summed E-state index contributed by atoms with van der Waals surface area (Å²) in [6.45, 7) is -0.277. The number of para-hydroxylation sites is 1. The molecule has 0 aliphatic carbocycles. The zero-order chi connectivity index (χ0) is 17.6. The largest absolute Gasteiger partial charge is 0.508 e. The van der Waals surface area contributed by atoms with Gasteiger partial charge in [-0.1, -0.05) is 36.4 Å². The number of benzene rings is 3. The van der Waals surface area contributed by atoms with Crippen molar-refractivity contribution in [2.75, 3.05) is 11.9 Å². The first-order chi connectivity index (χ1) is 12.1. The number of rotatable bonds is 5. The summed E-state index contributed by atoms with van der Waals surface area (Å²) in [7, 11) is 0. The molecule has 0 fully saturated rings. The van der Waals surface area contributed by atoms with Gasteiger partial charge in [0, 0.05) is 5.69 Å². The van der Waals surface area contributed by atoms with Crippen LogP contribution in [0.5, 0.6) is 11.5 Å². The van der Waals surface area contributed by atoms with Gasteiger partial charge in [-0.05, 0) is 47.5 Å². The summed E-state index contributed by atoms with van der Waals surface area (Å²) in [4.78, 5) is 11.9. The molecule has 0 spiro atoms. The van der Waals surface area contributed by atoms with Crippen LogP contribution in [0, 0.1) is 5.82 Å². The van der Waals surface area contributed by atoms with E-state index in [1.165, 1.54) is 12.1 Å². The molecule has 2 N–H and O–H groups in total. The van der Waals surface area contributed by atoms with Crippen molar-refractivity contribution in [3.05, 3.63) is 78.6 Å². The van der Waals surface area contributed by atoms with Crippen molar-refractivity contribution in [1.82, 2.24) is 0 Å². The molecule has 1 amide bonds. The van der Waals surface area contributed by atoms with Crippen LogP contribution in [0.25, 0.3) is 11.1 Å². The van der Waals surface area contributed by atoms with Crippen LogP contribution < -0.4 is 10.1 Å². The molecule has 0 aromatic heterocycles. The predicted molar refractivity (Wildman–Crippen MR) is 94.1 cm³/mol. The number of ether oxygens (including phenoxy) is 1. The van der Waals surface area contributed by atoms with E-state index in [0.717, 1.165) is 11.1 Å². The van der Waals surface area contributed by atoms with Crippen LogP contribution in [-0.4, -0.2) is 17.6 Å². The Kier molecular flexibility index (Phi) is 4.95. The minimum Gasteiger partial charge on any atom is -0.508 e. The van der Waals surface area contributed by atoms with Gasteiger partial charge in [0.15, 0.2) is 18.2 Å². The zero-order valence-electron chi connectivity index (χ0n) is 13.3. The van der Waals surface area contributed by atoms with Gasteiger partial charge >= 0.3 is 0 Å². The van der Waals surface area contributed by atoms with Crippen molar-refractivity contribution in [2.45, 2.75) is 0 Å². The molecule has 0 saturated heterocycles. The van der Waals surface area contributed by atoms with Crippen molar-refractivity contribution in [3.63, 3.8) is 0 Å². The maximum absolute atomic E-state index is 13.4. The highest BCUT2D eigenvalue weighted by Gasteiger charge is 2.07. The molecule has 0 aliphatic rings. The minimum absolute atomic E-state index is 0.0420. The molecule has 3 aromatic rings. The van der Waals surface area contributed by atoms with Crippen LogP contribution >= 0.6 is 0 Å². The monoisotopic (exact) mass is 337 g/mol. The van der Waals surface area contributed by atoms with E-state index in [-0.39, 0.29) is 24.0 Å². The number of amides is 1. The molecule has 126 valence electrons.